The van der Waals surface area contributed by atoms with Crippen molar-refractivity contribution in [1.82, 2.24) is 9.80 Å². The van der Waals surface area contributed by atoms with Gasteiger partial charge in [-0.2, -0.15) is 0 Å². The van der Waals surface area contributed by atoms with E-state index in [0.717, 1.165) is 28.8 Å². The van der Waals surface area contributed by atoms with Gasteiger partial charge in [-0.15, -0.1) is 11.3 Å². The van der Waals surface area contributed by atoms with Gasteiger partial charge in [-0.3, -0.25) is 9.59 Å². The highest BCUT2D eigenvalue weighted by atomic mass is 32.1. The molecule has 7 heteroatoms. The summed E-state index contributed by atoms with van der Waals surface area (Å²) in [4.78, 5) is 30.2. The highest BCUT2D eigenvalue weighted by molar-refractivity contribution is 7.10. The number of carbonyl (C=O) groups excluding carboxylic acids is 2. The number of hydrogen-bond donors (Lipinski definition) is 0. The number of benzene rings is 1. The summed E-state index contributed by atoms with van der Waals surface area (Å²) in [6.45, 7) is 5.65. The molecule has 0 spiro atoms. The van der Waals surface area contributed by atoms with Gasteiger partial charge in [0.25, 0.3) is 0 Å². The number of rotatable bonds is 12. The summed E-state index contributed by atoms with van der Waals surface area (Å²) in [6.07, 6.45) is 2.14. The predicted molar refractivity (Wildman–Crippen MR) is 118 cm³/mol. The number of methoxy groups -OCH3 is 1. The molecule has 0 bridgehead atoms. The summed E-state index contributed by atoms with van der Waals surface area (Å²) < 4.78 is 18.4. The molecular weight excluding hydrogens is 403 g/mol. The first kappa shape index (κ1) is 24.0. The monoisotopic (exact) mass is 434 g/mol. The highest BCUT2D eigenvalue weighted by Crippen LogP contribution is 2.20. The molecule has 1 aromatic carbocycles. The zero-order valence-electron chi connectivity index (χ0n) is 18.0. The van der Waals surface area contributed by atoms with Gasteiger partial charge in [0.15, 0.2) is 0 Å². The van der Waals surface area contributed by atoms with Crippen LogP contribution in [-0.2, 0) is 27.4 Å². The Hall–Kier alpha value is -2.25. The maximum absolute atomic E-state index is 13.3. The number of aryl methyl sites for hydroxylation is 1. The lowest BCUT2D eigenvalue weighted by Gasteiger charge is -2.28. The van der Waals surface area contributed by atoms with Crippen LogP contribution < -0.4 is 0 Å². The molecule has 1 aromatic heterocycles. The van der Waals surface area contributed by atoms with E-state index >= 15 is 0 Å². The predicted octanol–water partition coefficient (Wildman–Crippen LogP) is 4.39. The van der Waals surface area contributed by atoms with Gasteiger partial charge >= 0.3 is 0 Å². The number of thiophene rings is 1. The molecule has 0 fully saturated rings. The van der Waals surface area contributed by atoms with E-state index in [2.05, 4.69) is 0 Å². The third-order valence-corrected chi connectivity index (χ3v) is 5.94. The fourth-order valence-electron chi connectivity index (χ4n) is 3.02. The fraction of sp³-hybridized carbons (Fsp3) is 0.478. The van der Waals surface area contributed by atoms with E-state index in [1.54, 1.807) is 40.4 Å². The first-order valence-electron chi connectivity index (χ1n) is 10.3. The summed E-state index contributed by atoms with van der Waals surface area (Å²) in [7, 11) is 1.58. The molecule has 2 amide bonds. The van der Waals surface area contributed by atoms with Gasteiger partial charge in [-0.1, -0.05) is 25.5 Å². The number of amides is 2. The van der Waals surface area contributed by atoms with E-state index in [0.29, 0.717) is 32.7 Å². The van der Waals surface area contributed by atoms with Crippen molar-refractivity contribution in [2.45, 2.75) is 46.2 Å². The van der Waals surface area contributed by atoms with Crippen LogP contribution in [0.15, 0.2) is 35.7 Å². The maximum atomic E-state index is 13.3. The fourth-order valence-corrected chi connectivity index (χ4v) is 3.95. The van der Waals surface area contributed by atoms with Crippen molar-refractivity contribution in [3.63, 3.8) is 0 Å². The minimum atomic E-state index is -0.307. The molecule has 1 heterocycles. The van der Waals surface area contributed by atoms with E-state index in [-0.39, 0.29) is 24.2 Å². The van der Waals surface area contributed by atoms with Crippen LogP contribution in [0.1, 0.15) is 42.2 Å². The molecule has 0 saturated carbocycles. The number of carbonyl (C=O) groups is 2. The Bertz CT molecular complexity index is 807. The number of halogens is 1. The second kappa shape index (κ2) is 12.4. The standard InChI is InChI=1S/C23H31FN2O3S/c1-4-5-6-22(27)25(12-13-29-3)17-23(28)26(16-21-18(2)11-14-30-21)15-19-7-9-20(24)10-8-19/h7-11,14H,4-6,12-13,15-17H2,1-3H3. The maximum Gasteiger partial charge on any atom is 0.242 e. The number of nitrogens with zero attached hydrogens (tertiary/aromatic N) is 2. The van der Waals surface area contributed by atoms with Gasteiger partial charge in [-0.05, 0) is 48.1 Å². The molecule has 5 nitrogen and oxygen atoms in total. The van der Waals surface area contributed by atoms with Crippen LogP contribution >= 0.6 is 11.3 Å². The zero-order valence-corrected chi connectivity index (χ0v) is 18.8. The largest absolute Gasteiger partial charge is 0.383 e. The van der Waals surface area contributed by atoms with E-state index in [1.165, 1.54) is 12.1 Å². The lowest BCUT2D eigenvalue weighted by molar-refractivity contribution is -0.141. The van der Waals surface area contributed by atoms with E-state index < -0.39 is 0 Å². The van der Waals surface area contributed by atoms with Gasteiger partial charge in [-0.25, -0.2) is 4.39 Å². The Morgan fingerprint density at radius 2 is 1.80 bits per heavy atom. The van der Waals surface area contributed by atoms with Crippen LogP contribution in [0.4, 0.5) is 4.39 Å². The van der Waals surface area contributed by atoms with Crippen LogP contribution in [0.3, 0.4) is 0 Å². The Morgan fingerprint density at radius 1 is 1.07 bits per heavy atom. The summed E-state index contributed by atoms with van der Waals surface area (Å²) >= 11 is 1.60. The Balaban J connectivity index is 2.16. The van der Waals surface area contributed by atoms with Crippen molar-refractivity contribution in [2.75, 3.05) is 26.8 Å². The highest BCUT2D eigenvalue weighted by Gasteiger charge is 2.22. The molecule has 0 saturated heterocycles. The van der Waals surface area contributed by atoms with Crippen LogP contribution in [0.2, 0.25) is 0 Å². The first-order chi connectivity index (χ1) is 14.4. The topological polar surface area (TPSA) is 49.9 Å². The van der Waals surface area contributed by atoms with Crippen molar-refractivity contribution >= 4 is 23.2 Å². The van der Waals surface area contributed by atoms with Crippen LogP contribution in [-0.4, -0.2) is 48.4 Å². The van der Waals surface area contributed by atoms with Gasteiger partial charge in [0.1, 0.15) is 5.82 Å². The SMILES string of the molecule is CCCCC(=O)N(CCOC)CC(=O)N(Cc1ccc(F)cc1)Cc1sccc1C. The smallest absolute Gasteiger partial charge is 0.242 e. The first-order valence-corrected chi connectivity index (χ1v) is 11.1. The Labute approximate surface area is 182 Å². The minimum Gasteiger partial charge on any atom is -0.383 e. The molecule has 0 unspecified atom stereocenters. The second-order valence-corrected chi connectivity index (χ2v) is 8.32. The second-order valence-electron chi connectivity index (χ2n) is 7.31. The van der Waals surface area contributed by atoms with Gasteiger partial charge in [0.05, 0.1) is 19.7 Å². The summed E-state index contributed by atoms with van der Waals surface area (Å²) in [5.74, 6) is -0.470. The summed E-state index contributed by atoms with van der Waals surface area (Å²) in [5, 5.41) is 2.00. The molecule has 164 valence electrons. The van der Waals surface area contributed by atoms with E-state index in [1.807, 2.05) is 25.3 Å². The van der Waals surface area contributed by atoms with Crippen molar-refractivity contribution in [3.05, 3.63) is 57.5 Å². The van der Waals surface area contributed by atoms with Crippen LogP contribution in [0.5, 0.6) is 0 Å². The summed E-state index contributed by atoms with van der Waals surface area (Å²) in [5.41, 5.74) is 1.98. The molecule has 2 aromatic rings. The number of hydrogen-bond acceptors (Lipinski definition) is 4. The number of ether oxygens (including phenoxy) is 1. The minimum absolute atomic E-state index is 0.0114. The molecule has 0 aliphatic heterocycles. The summed E-state index contributed by atoms with van der Waals surface area (Å²) in [6, 6.07) is 8.19. The van der Waals surface area contributed by atoms with Gasteiger partial charge in [0.2, 0.25) is 11.8 Å². The molecular formula is C23H31FN2O3S. The Morgan fingerprint density at radius 3 is 2.40 bits per heavy atom. The third kappa shape index (κ3) is 7.54. The molecule has 2 rings (SSSR count). The quantitative estimate of drug-likeness (QED) is 0.498. The average molecular weight is 435 g/mol. The van der Waals surface area contributed by atoms with Gasteiger partial charge < -0.3 is 14.5 Å². The van der Waals surface area contributed by atoms with Crippen molar-refractivity contribution in [3.8, 4) is 0 Å². The normalized spacial score (nSPS) is 10.8. The molecule has 0 aliphatic carbocycles. The molecule has 0 radical (unpaired) electrons. The molecule has 0 N–H and O–H groups in total. The van der Waals surface area contributed by atoms with E-state index in [9.17, 15) is 14.0 Å². The van der Waals surface area contributed by atoms with Gasteiger partial charge in [0, 0.05) is 31.5 Å². The molecule has 30 heavy (non-hydrogen) atoms. The van der Waals surface area contributed by atoms with Crippen LogP contribution in [0, 0.1) is 12.7 Å². The Kier molecular flexibility index (Phi) is 9.97. The lowest BCUT2D eigenvalue weighted by atomic mass is 10.2. The molecule has 0 atom stereocenters. The van der Waals surface area contributed by atoms with Crippen molar-refractivity contribution < 1.29 is 18.7 Å². The zero-order chi connectivity index (χ0) is 21.9. The third-order valence-electron chi connectivity index (χ3n) is 4.93. The van der Waals surface area contributed by atoms with Crippen molar-refractivity contribution in [1.29, 1.82) is 0 Å². The average Bonchev–Trinajstić information content (AvgIpc) is 3.14. The molecule has 0 aliphatic rings. The van der Waals surface area contributed by atoms with Crippen LogP contribution in [0.25, 0.3) is 0 Å². The number of unbranched alkanes of at least 4 members (excludes halogenated alkanes) is 1. The van der Waals surface area contributed by atoms with Crippen molar-refractivity contribution in [2.24, 2.45) is 0 Å². The van der Waals surface area contributed by atoms with E-state index in [4.69, 9.17) is 4.74 Å². The lowest BCUT2D eigenvalue weighted by Crippen LogP contribution is -2.43.